The lowest BCUT2D eigenvalue weighted by Gasteiger charge is -2.30. The normalized spacial score (nSPS) is 14.5. The number of hydrogen-bond acceptors (Lipinski definition) is 6. The van der Waals surface area contributed by atoms with Crippen molar-refractivity contribution in [1.82, 2.24) is 0 Å². The second kappa shape index (κ2) is 6.95. The molecule has 0 fully saturated rings. The first-order valence-corrected chi connectivity index (χ1v) is 6.78. The molecule has 0 heterocycles. The highest BCUT2D eigenvalue weighted by Crippen LogP contribution is 2.39. The summed E-state index contributed by atoms with van der Waals surface area (Å²) in [4.78, 5) is 10.6. The Balaban J connectivity index is 3.25. The summed E-state index contributed by atoms with van der Waals surface area (Å²) in [5, 5.41) is 49.0. The van der Waals surface area contributed by atoms with E-state index in [0.29, 0.717) is 5.56 Å². The van der Waals surface area contributed by atoms with Gasteiger partial charge >= 0.3 is 5.97 Å². The van der Waals surface area contributed by atoms with E-state index in [4.69, 9.17) is 9.84 Å². The van der Waals surface area contributed by atoms with Gasteiger partial charge in [0.15, 0.2) is 0 Å². The fourth-order valence-corrected chi connectivity index (χ4v) is 2.09. The zero-order valence-electron chi connectivity index (χ0n) is 12.8. The smallest absolute Gasteiger partial charge is 0.303 e. The molecule has 0 saturated heterocycles. The van der Waals surface area contributed by atoms with Crippen molar-refractivity contribution in [3.63, 3.8) is 0 Å². The first-order chi connectivity index (χ1) is 10.1. The summed E-state index contributed by atoms with van der Waals surface area (Å²) in [6, 6.07) is 2.95. The molecule has 7 heteroatoms. The topological polar surface area (TPSA) is 127 Å². The summed E-state index contributed by atoms with van der Waals surface area (Å²) in [7, 11) is 1.33. The average molecular weight is 314 g/mol. The molecule has 0 bridgehead atoms. The molecular weight excluding hydrogens is 292 g/mol. The Morgan fingerprint density at radius 1 is 1.32 bits per heavy atom. The Hall–Kier alpha value is -1.83. The van der Waals surface area contributed by atoms with E-state index in [-0.39, 0.29) is 29.9 Å². The number of benzene rings is 1. The number of aryl methyl sites for hydroxylation is 1. The van der Waals surface area contributed by atoms with Crippen LogP contribution in [0.5, 0.6) is 11.5 Å². The minimum atomic E-state index is -1.60. The van der Waals surface area contributed by atoms with Gasteiger partial charge < -0.3 is 30.3 Å². The monoisotopic (exact) mass is 314 g/mol. The van der Waals surface area contributed by atoms with Crippen molar-refractivity contribution in [2.24, 2.45) is 0 Å². The van der Waals surface area contributed by atoms with Crippen LogP contribution in [-0.4, -0.2) is 50.3 Å². The molecule has 0 amide bonds. The molecule has 0 spiro atoms. The van der Waals surface area contributed by atoms with Crippen molar-refractivity contribution < 1.29 is 35.1 Å². The van der Waals surface area contributed by atoms with E-state index in [1.165, 1.54) is 33.1 Å². The molecule has 124 valence electrons. The quantitative estimate of drug-likeness (QED) is 0.498. The minimum absolute atomic E-state index is 0.0590. The number of ether oxygens (including phenoxy) is 1. The number of methoxy groups -OCH3 is 1. The lowest BCUT2D eigenvalue weighted by Crippen LogP contribution is -2.40. The molecule has 7 nitrogen and oxygen atoms in total. The third-order valence-electron chi connectivity index (χ3n) is 3.41. The molecule has 0 unspecified atom stereocenters. The van der Waals surface area contributed by atoms with E-state index in [9.17, 15) is 25.2 Å². The fourth-order valence-electron chi connectivity index (χ4n) is 2.09. The molecule has 0 aromatic heterocycles. The van der Waals surface area contributed by atoms with Gasteiger partial charge in [0.25, 0.3) is 0 Å². The standard InChI is InChI=1S/C15H22O7/c1-15(2,21)14(20)13(19)11-9(22-3)6-4-8(12(11)18)5-7-10(16)17/h4,6,13-14,18-21H,5,7H2,1-3H3,(H,16,17)/t13-,14-/m0/s1. The maximum atomic E-state index is 10.6. The van der Waals surface area contributed by atoms with Crippen molar-refractivity contribution >= 4 is 5.97 Å². The van der Waals surface area contributed by atoms with Gasteiger partial charge in [0.2, 0.25) is 0 Å². The van der Waals surface area contributed by atoms with Crippen LogP contribution < -0.4 is 4.74 Å². The van der Waals surface area contributed by atoms with Gasteiger partial charge in [-0.1, -0.05) is 6.07 Å². The van der Waals surface area contributed by atoms with Crippen molar-refractivity contribution in [3.8, 4) is 11.5 Å². The third-order valence-corrected chi connectivity index (χ3v) is 3.41. The van der Waals surface area contributed by atoms with Crippen LogP contribution in [0.1, 0.15) is 37.5 Å². The number of carboxylic acids is 1. The predicted molar refractivity (Wildman–Crippen MR) is 77.9 cm³/mol. The number of phenolic OH excluding ortho intramolecular Hbond substituents is 1. The number of aliphatic hydroxyl groups is 3. The average Bonchev–Trinajstić information content (AvgIpc) is 2.42. The van der Waals surface area contributed by atoms with E-state index < -0.39 is 23.8 Å². The van der Waals surface area contributed by atoms with Crippen molar-refractivity contribution in [1.29, 1.82) is 0 Å². The van der Waals surface area contributed by atoms with E-state index in [2.05, 4.69) is 0 Å². The highest BCUT2D eigenvalue weighted by molar-refractivity contribution is 5.67. The molecule has 1 aromatic carbocycles. The first-order valence-electron chi connectivity index (χ1n) is 6.78. The summed E-state index contributed by atoms with van der Waals surface area (Å²) in [6.07, 6.45) is -3.30. The fraction of sp³-hybridized carbons (Fsp3) is 0.533. The maximum Gasteiger partial charge on any atom is 0.303 e. The Labute approximate surface area is 128 Å². The van der Waals surface area contributed by atoms with Crippen LogP contribution in [0, 0.1) is 0 Å². The number of carbonyl (C=O) groups is 1. The van der Waals surface area contributed by atoms with E-state index in [1.807, 2.05) is 0 Å². The van der Waals surface area contributed by atoms with Crippen LogP contribution >= 0.6 is 0 Å². The van der Waals surface area contributed by atoms with Crippen LogP contribution in [0.2, 0.25) is 0 Å². The third kappa shape index (κ3) is 4.09. The van der Waals surface area contributed by atoms with E-state index >= 15 is 0 Å². The van der Waals surface area contributed by atoms with Crippen LogP contribution in [0.4, 0.5) is 0 Å². The Morgan fingerprint density at radius 3 is 2.36 bits per heavy atom. The number of aromatic hydroxyl groups is 1. The molecule has 5 N–H and O–H groups in total. The van der Waals surface area contributed by atoms with Gasteiger partial charge in [-0.05, 0) is 31.9 Å². The summed E-state index contributed by atoms with van der Waals surface area (Å²) in [5.74, 6) is -1.24. The molecule has 0 saturated carbocycles. The van der Waals surface area contributed by atoms with Crippen molar-refractivity contribution in [2.75, 3.05) is 7.11 Å². The molecular formula is C15H22O7. The maximum absolute atomic E-state index is 10.6. The number of aliphatic carboxylic acids is 1. The highest BCUT2D eigenvalue weighted by Gasteiger charge is 2.35. The lowest BCUT2D eigenvalue weighted by molar-refractivity contribution is -0.136. The van der Waals surface area contributed by atoms with Crippen molar-refractivity contribution in [3.05, 3.63) is 23.3 Å². The summed E-state index contributed by atoms with van der Waals surface area (Å²) in [6.45, 7) is 2.64. The second-order valence-corrected chi connectivity index (χ2v) is 5.63. The molecule has 1 aromatic rings. The lowest BCUT2D eigenvalue weighted by atomic mass is 9.90. The number of carboxylic acid groups (broad SMARTS) is 1. The Bertz CT molecular complexity index is 533. The van der Waals surface area contributed by atoms with Crippen LogP contribution in [0.25, 0.3) is 0 Å². The molecule has 0 aliphatic rings. The summed E-state index contributed by atoms with van der Waals surface area (Å²) in [5.41, 5.74) is -1.38. The second-order valence-electron chi connectivity index (χ2n) is 5.63. The number of hydrogen-bond donors (Lipinski definition) is 5. The summed E-state index contributed by atoms with van der Waals surface area (Å²) < 4.78 is 5.06. The van der Waals surface area contributed by atoms with Crippen LogP contribution in [-0.2, 0) is 11.2 Å². The molecule has 2 atom stereocenters. The zero-order chi connectivity index (χ0) is 17.1. The van der Waals surface area contributed by atoms with Crippen molar-refractivity contribution in [2.45, 2.75) is 44.5 Å². The van der Waals surface area contributed by atoms with E-state index in [1.54, 1.807) is 0 Å². The zero-order valence-corrected chi connectivity index (χ0v) is 12.8. The summed E-state index contributed by atoms with van der Waals surface area (Å²) >= 11 is 0. The first kappa shape index (κ1) is 18.2. The van der Waals surface area contributed by atoms with Gasteiger partial charge in [0, 0.05) is 6.42 Å². The minimum Gasteiger partial charge on any atom is -0.507 e. The van der Waals surface area contributed by atoms with Gasteiger partial charge in [-0.2, -0.15) is 0 Å². The number of rotatable bonds is 7. The van der Waals surface area contributed by atoms with E-state index in [0.717, 1.165) is 0 Å². The highest BCUT2D eigenvalue weighted by atomic mass is 16.5. The number of aliphatic hydroxyl groups excluding tert-OH is 2. The molecule has 0 aliphatic carbocycles. The predicted octanol–water partition coefficient (Wildman–Crippen LogP) is 0.583. The number of phenols is 1. The largest absolute Gasteiger partial charge is 0.507 e. The van der Waals surface area contributed by atoms with Gasteiger partial charge in [0.1, 0.15) is 23.7 Å². The van der Waals surface area contributed by atoms with Gasteiger partial charge in [-0.25, -0.2) is 0 Å². The Kier molecular flexibility index (Phi) is 5.76. The molecule has 22 heavy (non-hydrogen) atoms. The molecule has 0 aliphatic heterocycles. The van der Waals surface area contributed by atoms with Crippen LogP contribution in [0.3, 0.4) is 0 Å². The Morgan fingerprint density at radius 2 is 1.91 bits per heavy atom. The molecule has 0 radical (unpaired) electrons. The SMILES string of the molecule is COc1ccc(CCC(=O)O)c(O)c1[C@H](O)[C@H](O)C(C)(C)O. The van der Waals surface area contributed by atoms with Gasteiger partial charge in [-0.3, -0.25) is 4.79 Å². The molecule has 1 rings (SSSR count). The van der Waals surface area contributed by atoms with Gasteiger partial charge in [-0.15, -0.1) is 0 Å². The van der Waals surface area contributed by atoms with Gasteiger partial charge in [0.05, 0.1) is 18.3 Å². The van der Waals surface area contributed by atoms with Crippen LogP contribution in [0.15, 0.2) is 12.1 Å².